The number of rotatable bonds is 2. The minimum atomic E-state index is -0.416. The third-order valence-corrected chi connectivity index (χ3v) is 3.28. The molecule has 0 aliphatic carbocycles. The summed E-state index contributed by atoms with van der Waals surface area (Å²) in [5, 5.41) is 0.502. The van der Waals surface area contributed by atoms with Gasteiger partial charge >= 0.3 is 5.97 Å². The monoisotopic (exact) mass is 275 g/mol. The number of halogens is 1. The second-order valence-electron chi connectivity index (χ2n) is 4.44. The minimum Gasteiger partial charge on any atom is -0.404 e. The largest absolute Gasteiger partial charge is 0.404 e. The van der Waals surface area contributed by atoms with Crippen LogP contribution in [0.4, 0.5) is 0 Å². The van der Waals surface area contributed by atoms with E-state index in [0.29, 0.717) is 10.6 Å². The SMILES string of the molecule is Cc1cc(C(=O)Oc2ccc(Cl)cn2)cc(C)c1C. The van der Waals surface area contributed by atoms with Crippen LogP contribution in [0.5, 0.6) is 5.88 Å². The van der Waals surface area contributed by atoms with Gasteiger partial charge in [-0.15, -0.1) is 0 Å². The van der Waals surface area contributed by atoms with Gasteiger partial charge in [-0.1, -0.05) is 11.6 Å². The van der Waals surface area contributed by atoms with Gasteiger partial charge in [0.05, 0.1) is 10.6 Å². The summed E-state index contributed by atoms with van der Waals surface area (Å²) in [4.78, 5) is 16.0. The van der Waals surface area contributed by atoms with E-state index in [1.54, 1.807) is 12.1 Å². The van der Waals surface area contributed by atoms with Crippen LogP contribution in [-0.4, -0.2) is 11.0 Å². The maximum atomic E-state index is 12.0. The molecule has 0 bridgehead atoms. The summed E-state index contributed by atoms with van der Waals surface area (Å²) in [6, 6.07) is 6.83. The normalized spacial score (nSPS) is 10.3. The summed E-state index contributed by atoms with van der Waals surface area (Å²) in [5.74, 6) is -0.175. The molecule has 0 unspecified atom stereocenters. The first-order valence-electron chi connectivity index (χ1n) is 5.89. The zero-order chi connectivity index (χ0) is 14.0. The van der Waals surface area contributed by atoms with Crippen LogP contribution < -0.4 is 4.74 Å². The second-order valence-corrected chi connectivity index (χ2v) is 4.88. The van der Waals surface area contributed by atoms with Crippen molar-refractivity contribution in [2.75, 3.05) is 0 Å². The minimum absolute atomic E-state index is 0.241. The van der Waals surface area contributed by atoms with Crippen LogP contribution in [0.2, 0.25) is 5.02 Å². The molecule has 3 nitrogen and oxygen atoms in total. The molecule has 0 atom stereocenters. The predicted octanol–water partition coefficient (Wildman–Crippen LogP) is 3.88. The summed E-state index contributed by atoms with van der Waals surface area (Å²) in [5.41, 5.74) is 3.84. The molecule has 0 amide bonds. The lowest BCUT2D eigenvalue weighted by molar-refractivity contribution is 0.0727. The van der Waals surface area contributed by atoms with Crippen LogP contribution in [-0.2, 0) is 0 Å². The molecule has 2 aromatic rings. The van der Waals surface area contributed by atoms with Crippen molar-refractivity contribution in [2.24, 2.45) is 0 Å². The van der Waals surface area contributed by atoms with Crippen molar-refractivity contribution in [2.45, 2.75) is 20.8 Å². The Hall–Kier alpha value is -1.87. The molecule has 0 saturated carbocycles. The maximum absolute atomic E-state index is 12.0. The number of ether oxygens (including phenoxy) is 1. The highest BCUT2D eigenvalue weighted by Gasteiger charge is 2.11. The molecular formula is C15H14ClNO2. The van der Waals surface area contributed by atoms with Crippen LogP contribution in [0.15, 0.2) is 30.5 Å². The first-order valence-corrected chi connectivity index (χ1v) is 6.27. The van der Waals surface area contributed by atoms with Crippen molar-refractivity contribution in [1.82, 2.24) is 4.98 Å². The number of carbonyl (C=O) groups is 1. The van der Waals surface area contributed by atoms with E-state index in [1.165, 1.54) is 11.8 Å². The molecule has 0 spiro atoms. The average Bonchev–Trinajstić information content (AvgIpc) is 2.38. The number of esters is 1. The second kappa shape index (κ2) is 5.41. The fourth-order valence-electron chi connectivity index (χ4n) is 1.73. The Morgan fingerprint density at radius 3 is 2.32 bits per heavy atom. The molecule has 1 aromatic heterocycles. The molecule has 19 heavy (non-hydrogen) atoms. The lowest BCUT2D eigenvalue weighted by Gasteiger charge is -2.08. The van der Waals surface area contributed by atoms with E-state index < -0.39 is 5.97 Å². The molecule has 0 fully saturated rings. The van der Waals surface area contributed by atoms with Crippen molar-refractivity contribution >= 4 is 17.6 Å². The van der Waals surface area contributed by atoms with Gasteiger partial charge in [-0.3, -0.25) is 0 Å². The van der Waals surface area contributed by atoms with Crippen molar-refractivity contribution in [3.8, 4) is 5.88 Å². The molecule has 98 valence electrons. The summed E-state index contributed by atoms with van der Waals surface area (Å²) in [7, 11) is 0. The zero-order valence-electron chi connectivity index (χ0n) is 11.0. The first-order chi connectivity index (χ1) is 8.97. The van der Waals surface area contributed by atoms with E-state index in [4.69, 9.17) is 16.3 Å². The molecule has 2 rings (SSSR count). The van der Waals surface area contributed by atoms with Gasteiger partial charge in [0, 0.05) is 12.3 Å². The van der Waals surface area contributed by atoms with Gasteiger partial charge in [0.2, 0.25) is 5.88 Å². The first kappa shape index (κ1) is 13.6. The third kappa shape index (κ3) is 3.12. The molecule has 1 heterocycles. The van der Waals surface area contributed by atoms with E-state index in [9.17, 15) is 4.79 Å². The number of carbonyl (C=O) groups excluding carboxylic acids is 1. The summed E-state index contributed by atoms with van der Waals surface area (Å²) in [6.07, 6.45) is 1.44. The number of hydrogen-bond acceptors (Lipinski definition) is 3. The highest BCUT2D eigenvalue weighted by molar-refractivity contribution is 6.30. The third-order valence-electron chi connectivity index (χ3n) is 3.06. The Balaban J connectivity index is 2.23. The number of nitrogens with zero attached hydrogens (tertiary/aromatic N) is 1. The van der Waals surface area contributed by atoms with E-state index >= 15 is 0 Å². The van der Waals surface area contributed by atoms with Crippen LogP contribution in [0.25, 0.3) is 0 Å². The summed E-state index contributed by atoms with van der Waals surface area (Å²) in [6.45, 7) is 5.97. The van der Waals surface area contributed by atoms with Gasteiger partial charge < -0.3 is 4.74 Å². The van der Waals surface area contributed by atoms with Crippen molar-refractivity contribution in [3.05, 3.63) is 57.7 Å². The summed E-state index contributed by atoms with van der Waals surface area (Å²) < 4.78 is 5.20. The molecule has 0 aliphatic heterocycles. The molecule has 4 heteroatoms. The summed E-state index contributed by atoms with van der Waals surface area (Å²) >= 11 is 5.72. The van der Waals surface area contributed by atoms with Gasteiger partial charge in [-0.25, -0.2) is 9.78 Å². The van der Waals surface area contributed by atoms with Gasteiger partial charge in [0.15, 0.2) is 0 Å². The van der Waals surface area contributed by atoms with Crippen molar-refractivity contribution < 1.29 is 9.53 Å². The van der Waals surface area contributed by atoms with Gasteiger partial charge in [0.1, 0.15) is 0 Å². The van der Waals surface area contributed by atoms with E-state index in [0.717, 1.165) is 11.1 Å². The topological polar surface area (TPSA) is 39.2 Å². The number of pyridine rings is 1. The van der Waals surface area contributed by atoms with Gasteiger partial charge in [-0.2, -0.15) is 0 Å². The van der Waals surface area contributed by atoms with Crippen LogP contribution in [0, 0.1) is 20.8 Å². The average molecular weight is 276 g/mol. The fraction of sp³-hybridized carbons (Fsp3) is 0.200. The Bertz CT molecular complexity index is 598. The van der Waals surface area contributed by atoms with Gasteiger partial charge in [0.25, 0.3) is 0 Å². The van der Waals surface area contributed by atoms with Crippen molar-refractivity contribution in [3.63, 3.8) is 0 Å². The Morgan fingerprint density at radius 1 is 1.16 bits per heavy atom. The number of aryl methyl sites for hydroxylation is 2. The lowest BCUT2D eigenvalue weighted by atomic mass is 10.0. The Morgan fingerprint density at radius 2 is 1.79 bits per heavy atom. The molecule has 0 saturated heterocycles. The van der Waals surface area contributed by atoms with E-state index in [-0.39, 0.29) is 5.88 Å². The van der Waals surface area contributed by atoms with E-state index in [2.05, 4.69) is 4.98 Å². The van der Waals surface area contributed by atoms with Gasteiger partial charge in [-0.05, 0) is 55.7 Å². The van der Waals surface area contributed by atoms with Crippen LogP contribution >= 0.6 is 11.6 Å². The number of aromatic nitrogens is 1. The highest BCUT2D eigenvalue weighted by atomic mass is 35.5. The smallest absolute Gasteiger partial charge is 0.344 e. The Labute approximate surface area is 117 Å². The lowest BCUT2D eigenvalue weighted by Crippen LogP contribution is -2.10. The predicted molar refractivity (Wildman–Crippen MR) is 74.9 cm³/mol. The molecule has 0 radical (unpaired) electrons. The quantitative estimate of drug-likeness (QED) is 0.781. The molecular weight excluding hydrogens is 262 g/mol. The van der Waals surface area contributed by atoms with Crippen molar-refractivity contribution in [1.29, 1.82) is 0 Å². The van der Waals surface area contributed by atoms with Crippen LogP contribution in [0.1, 0.15) is 27.0 Å². The van der Waals surface area contributed by atoms with Crippen LogP contribution in [0.3, 0.4) is 0 Å². The number of benzene rings is 1. The number of hydrogen-bond donors (Lipinski definition) is 0. The Kier molecular flexibility index (Phi) is 3.86. The highest BCUT2D eigenvalue weighted by Crippen LogP contribution is 2.18. The zero-order valence-corrected chi connectivity index (χ0v) is 11.8. The molecule has 0 aliphatic rings. The standard InChI is InChI=1S/C15H14ClNO2/c1-9-6-12(7-10(2)11(9)3)15(18)19-14-5-4-13(16)8-17-14/h4-8H,1-3H3. The van der Waals surface area contributed by atoms with E-state index in [1.807, 2.05) is 32.9 Å². The molecule has 1 aromatic carbocycles. The maximum Gasteiger partial charge on any atom is 0.344 e. The molecule has 0 N–H and O–H groups in total. The fourth-order valence-corrected chi connectivity index (χ4v) is 1.84.